The van der Waals surface area contributed by atoms with E-state index in [-0.39, 0.29) is 5.91 Å². The van der Waals surface area contributed by atoms with Crippen molar-refractivity contribution in [3.8, 4) is 11.5 Å². The number of aryl methyl sites for hydroxylation is 1. The van der Waals surface area contributed by atoms with Crippen LogP contribution in [0.15, 0.2) is 48.5 Å². The second-order valence-electron chi connectivity index (χ2n) is 6.44. The first-order valence-corrected chi connectivity index (χ1v) is 9.02. The molecule has 0 spiro atoms. The van der Waals surface area contributed by atoms with Crippen LogP contribution < -0.4 is 14.8 Å². The highest BCUT2D eigenvalue weighted by Crippen LogP contribution is 2.31. The third kappa shape index (κ3) is 5.41. The minimum atomic E-state index is -5.08. The number of carboxylic acids is 1. The van der Waals surface area contributed by atoms with E-state index in [4.69, 9.17) is 19.4 Å². The summed E-state index contributed by atoms with van der Waals surface area (Å²) in [5, 5.41) is 11.0. The number of nitrogens with zero attached hydrogens (tertiary/aromatic N) is 1. The summed E-state index contributed by atoms with van der Waals surface area (Å²) in [5.41, 5.74) is 2.98. The molecule has 7 nitrogen and oxygen atoms in total. The Morgan fingerprint density at radius 1 is 1.03 bits per heavy atom. The maximum atomic E-state index is 12.6. The quantitative estimate of drug-likeness (QED) is 0.628. The standard InChI is InChI=1S/C19H16N2O3.C2HF3O2/c1-12-10-16(14-4-2-3-5-15(14)20-12)21-19(22)13-6-7-17-18(11-13)24-9-8-23-17;3-2(4,5)1(6)7/h2-7,10-11H,8-9H2,1H3,(H,20,21,22);(H,6,7). The fraction of sp³-hybridized carbons (Fsp3) is 0.190. The highest BCUT2D eigenvalue weighted by atomic mass is 19.4. The summed E-state index contributed by atoms with van der Waals surface area (Å²) in [6, 6.07) is 14.8. The van der Waals surface area contributed by atoms with Crippen molar-refractivity contribution in [1.29, 1.82) is 0 Å². The van der Waals surface area contributed by atoms with Crippen molar-refractivity contribution in [2.24, 2.45) is 0 Å². The first kappa shape index (κ1) is 21.9. The number of rotatable bonds is 2. The van der Waals surface area contributed by atoms with Crippen LogP contribution in [-0.4, -0.2) is 41.4 Å². The van der Waals surface area contributed by atoms with Gasteiger partial charge >= 0.3 is 12.1 Å². The van der Waals surface area contributed by atoms with Crippen LogP contribution in [0.2, 0.25) is 0 Å². The number of carbonyl (C=O) groups is 2. The number of halogens is 3. The number of benzene rings is 2. The van der Waals surface area contributed by atoms with Crippen LogP contribution in [0, 0.1) is 6.92 Å². The van der Waals surface area contributed by atoms with Gasteiger partial charge in [0, 0.05) is 16.6 Å². The summed E-state index contributed by atoms with van der Waals surface area (Å²) in [4.78, 5) is 26.0. The van der Waals surface area contributed by atoms with Crippen LogP contribution in [-0.2, 0) is 4.79 Å². The summed E-state index contributed by atoms with van der Waals surface area (Å²) in [5.74, 6) is -1.68. The predicted octanol–water partition coefficient (Wildman–Crippen LogP) is 4.20. The molecule has 4 rings (SSSR count). The number of aromatic nitrogens is 1. The molecule has 0 atom stereocenters. The number of carboxylic acid groups (broad SMARTS) is 1. The molecule has 0 bridgehead atoms. The fourth-order valence-electron chi connectivity index (χ4n) is 2.79. The highest BCUT2D eigenvalue weighted by Gasteiger charge is 2.38. The van der Waals surface area contributed by atoms with Crippen LogP contribution in [0.25, 0.3) is 10.9 Å². The lowest BCUT2D eigenvalue weighted by Gasteiger charge is -2.18. The number of alkyl halides is 3. The molecule has 2 heterocycles. The molecule has 0 saturated heterocycles. The summed E-state index contributed by atoms with van der Waals surface area (Å²) in [6.45, 7) is 2.93. The molecule has 2 aromatic carbocycles. The molecular weight excluding hydrogens is 417 g/mol. The van der Waals surface area contributed by atoms with E-state index in [1.807, 2.05) is 37.3 Å². The first-order valence-electron chi connectivity index (χ1n) is 9.02. The van der Waals surface area contributed by atoms with Crippen molar-refractivity contribution in [1.82, 2.24) is 4.98 Å². The number of hydrogen-bond acceptors (Lipinski definition) is 5. The maximum absolute atomic E-state index is 12.6. The normalized spacial score (nSPS) is 12.5. The summed E-state index contributed by atoms with van der Waals surface area (Å²) in [6.07, 6.45) is -5.08. The lowest BCUT2D eigenvalue weighted by Crippen LogP contribution is -2.21. The second-order valence-corrected chi connectivity index (χ2v) is 6.44. The Balaban J connectivity index is 0.000000339. The number of carbonyl (C=O) groups excluding carboxylic acids is 1. The number of fused-ring (bicyclic) bond motifs is 2. The maximum Gasteiger partial charge on any atom is 0.490 e. The minimum Gasteiger partial charge on any atom is -0.486 e. The third-order valence-corrected chi connectivity index (χ3v) is 4.14. The molecule has 1 amide bonds. The number of para-hydroxylation sites is 1. The van der Waals surface area contributed by atoms with Crippen LogP contribution in [0.3, 0.4) is 0 Å². The monoisotopic (exact) mass is 434 g/mol. The fourth-order valence-corrected chi connectivity index (χ4v) is 2.79. The average Bonchev–Trinajstić information content (AvgIpc) is 2.73. The van der Waals surface area contributed by atoms with E-state index in [1.165, 1.54) is 0 Å². The van der Waals surface area contributed by atoms with Gasteiger partial charge in [-0.25, -0.2) is 4.79 Å². The van der Waals surface area contributed by atoms with Gasteiger partial charge in [0.25, 0.3) is 5.91 Å². The molecule has 162 valence electrons. The largest absolute Gasteiger partial charge is 0.490 e. The molecule has 10 heteroatoms. The number of pyridine rings is 1. The van der Waals surface area contributed by atoms with Crippen LogP contribution in [0.4, 0.5) is 18.9 Å². The molecule has 0 aliphatic carbocycles. The van der Waals surface area contributed by atoms with Gasteiger partial charge in [-0.3, -0.25) is 9.78 Å². The first-order chi connectivity index (χ1) is 14.6. The second kappa shape index (κ2) is 8.90. The van der Waals surface area contributed by atoms with Crippen molar-refractivity contribution >= 4 is 28.5 Å². The van der Waals surface area contributed by atoms with E-state index >= 15 is 0 Å². The topological polar surface area (TPSA) is 97.8 Å². The summed E-state index contributed by atoms with van der Waals surface area (Å²) in [7, 11) is 0. The molecule has 0 fully saturated rings. The van der Waals surface area contributed by atoms with Crippen molar-refractivity contribution < 1.29 is 37.3 Å². The Kier molecular flexibility index (Phi) is 6.28. The van der Waals surface area contributed by atoms with E-state index in [1.54, 1.807) is 18.2 Å². The van der Waals surface area contributed by atoms with Crippen LogP contribution in [0.5, 0.6) is 11.5 Å². The molecule has 0 unspecified atom stereocenters. The lowest BCUT2D eigenvalue weighted by atomic mass is 10.1. The molecule has 1 aliphatic heterocycles. The zero-order chi connectivity index (χ0) is 22.6. The highest BCUT2D eigenvalue weighted by molar-refractivity contribution is 6.09. The van der Waals surface area contributed by atoms with Crippen molar-refractivity contribution in [2.45, 2.75) is 13.1 Å². The molecule has 1 aliphatic rings. The molecule has 31 heavy (non-hydrogen) atoms. The summed E-state index contributed by atoms with van der Waals surface area (Å²) < 4.78 is 42.8. The molecule has 3 aromatic rings. The van der Waals surface area contributed by atoms with Gasteiger partial charge in [0.2, 0.25) is 0 Å². The van der Waals surface area contributed by atoms with Gasteiger partial charge < -0.3 is 19.9 Å². The molecule has 2 N–H and O–H groups in total. The molecule has 0 saturated carbocycles. The van der Waals surface area contributed by atoms with E-state index in [2.05, 4.69) is 10.3 Å². The van der Waals surface area contributed by atoms with Gasteiger partial charge in [0.1, 0.15) is 13.2 Å². The van der Waals surface area contributed by atoms with Gasteiger partial charge in [-0.05, 0) is 37.3 Å². The average molecular weight is 434 g/mol. The summed E-state index contributed by atoms with van der Waals surface area (Å²) >= 11 is 0. The SMILES string of the molecule is Cc1cc(NC(=O)c2ccc3c(c2)OCCO3)c2ccccc2n1.O=C(O)C(F)(F)F. The Bertz CT molecular complexity index is 1130. The zero-order valence-corrected chi connectivity index (χ0v) is 16.2. The predicted molar refractivity (Wildman–Crippen MR) is 106 cm³/mol. The number of aliphatic carboxylic acids is 1. The Morgan fingerprint density at radius 2 is 1.68 bits per heavy atom. The minimum absolute atomic E-state index is 0.192. The lowest BCUT2D eigenvalue weighted by molar-refractivity contribution is -0.192. The van der Waals surface area contributed by atoms with Gasteiger partial charge in [0.05, 0.1) is 11.2 Å². The Labute approximate surface area is 174 Å². The smallest absolute Gasteiger partial charge is 0.486 e. The van der Waals surface area contributed by atoms with E-state index in [0.717, 1.165) is 22.3 Å². The van der Waals surface area contributed by atoms with Crippen LogP contribution >= 0.6 is 0 Å². The number of anilines is 1. The van der Waals surface area contributed by atoms with E-state index in [0.29, 0.717) is 30.3 Å². The van der Waals surface area contributed by atoms with Gasteiger partial charge in [-0.15, -0.1) is 0 Å². The van der Waals surface area contributed by atoms with Crippen LogP contribution in [0.1, 0.15) is 16.1 Å². The Morgan fingerprint density at radius 3 is 2.35 bits per heavy atom. The number of hydrogen-bond donors (Lipinski definition) is 2. The number of ether oxygens (including phenoxy) is 2. The number of nitrogens with one attached hydrogen (secondary N) is 1. The molecular formula is C21H17F3N2O5. The zero-order valence-electron chi connectivity index (χ0n) is 16.2. The molecule has 0 radical (unpaired) electrons. The van der Waals surface area contributed by atoms with Crippen molar-refractivity contribution in [3.63, 3.8) is 0 Å². The number of amides is 1. The van der Waals surface area contributed by atoms with Crippen molar-refractivity contribution in [2.75, 3.05) is 18.5 Å². The molecule has 1 aromatic heterocycles. The van der Waals surface area contributed by atoms with Gasteiger partial charge in [-0.1, -0.05) is 18.2 Å². The van der Waals surface area contributed by atoms with Crippen molar-refractivity contribution in [3.05, 3.63) is 59.8 Å². The van der Waals surface area contributed by atoms with E-state index in [9.17, 15) is 18.0 Å². The van der Waals surface area contributed by atoms with E-state index < -0.39 is 12.1 Å². The van der Waals surface area contributed by atoms with Gasteiger partial charge in [-0.2, -0.15) is 13.2 Å². The van der Waals surface area contributed by atoms with Gasteiger partial charge in [0.15, 0.2) is 11.5 Å². The third-order valence-electron chi connectivity index (χ3n) is 4.14. The Hall–Kier alpha value is -3.82.